The first-order valence-corrected chi connectivity index (χ1v) is 10.6. The van der Waals surface area contributed by atoms with Crippen LogP contribution in [0.3, 0.4) is 0 Å². The minimum absolute atomic E-state index is 0.257. The summed E-state index contributed by atoms with van der Waals surface area (Å²) in [5, 5.41) is 3.60. The lowest BCUT2D eigenvalue weighted by molar-refractivity contribution is 0.0527. The molecule has 0 bridgehead atoms. The molecule has 0 spiro atoms. The summed E-state index contributed by atoms with van der Waals surface area (Å²) < 4.78 is 6.07. The minimum Gasteiger partial charge on any atom is -0.462 e. The van der Waals surface area contributed by atoms with Crippen molar-refractivity contribution in [1.29, 1.82) is 0 Å². The van der Waals surface area contributed by atoms with E-state index in [9.17, 15) is 9.59 Å². The Hall–Kier alpha value is -3.51. The summed E-state index contributed by atoms with van der Waals surface area (Å²) in [5.74, 6) is -0.803. The smallest absolute Gasteiger partial charge is 0.340 e. The largest absolute Gasteiger partial charge is 0.462 e. The predicted molar refractivity (Wildman–Crippen MR) is 125 cm³/mol. The number of anilines is 1. The lowest BCUT2D eigenvalue weighted by Crippen LogP contribution is -2.16. The topological polar surface area (TPSA) is 68.3 Å². The van der Waals surface area contributed by atoms with Crippen LogP contribution >= 0.6 is 15.9 Å². The Morgan fingerprint density at radius 3 is 2.42 bits per heavy atom. The molecule has 0 aliphatic rings. The molecule has 4 aromatic rings. The van der Waals surface area contributed by atoms with Crippen molar-refractivity contribution in [1.82, 2.24) is 4.98 Å². The number of esters is 1. The van der Waals surface area contributed by atoms with Crippen LogP contribution in [0.2, 0.25) is 0 Å². The fourth-order valence-electron chi connectivity index (χ4n) is 3.30. The monoisotopic (exact) mass is 474 g/mol. The Morgan fingerprint density at radius 1 is 0.935 bits per heavy atom. The molecule has 0 saturated carbocycles. The fourth-order valence-corrected chi connectivity index (χ4v) is 3.56. The van der Waals surface area contributed by atoms with E-state index < -0.39 is 5.97 Å². The first kappa shape index (κ1) is 20.8. The zero-order chi connectivity index (χ0) is 21.8. The average molecular weight is 475 g/mol. The molecule has 31 heavy (non-hydrogen) atoms. The van der Waals surface area contributed by atoms with Gasteiger partial charge in [-0.1, -0.05) is 58.4 Å². The van der Waals surface area contributed by atoms with Crippen molar-refractivity contribution >= 4 is 44.4 Å². The van der Waals surface area contributed by atoms with Gasteiger partial charge in [-0.2, -0.15) is 0 Å². The molecule has 0 fully saturated rings. The second kappa shape index (κ2) is 9.10. The van der Waals surface area contributed by atoms with E-state index >= 15 is 0 Å². The lowest BCUT2D eigenvalue weighted by Gasteiger charge is -2.13. The highest BCUT2D eigenvalue weighted by Gasteiger charge is 2.18. The number of nitrogens with zero attached hydrogens (tertiary/aromatic N) is 1. The molecule has 0 atom stereocenters. The number of aromatic nitrogens is 1. The van der Waals surface area contributed by atoms with Crippen LogP contribution in [-0.4, -0.2) is 23.5 Å². The Kier molecular flexibility index (Phi) is 6.09. The summed E-state index contributed by atoms with van der Waals surface area (Å²) in [5.41, 5.74) is 3.49. The van der Waals surface area contributed by atoms with Crippen molar-refractivity contribution in [3.05, 3.63) is 94.5 Å². The van der Waals surface area contributed by atoms with Gasteiger partial charge in [0.15, 0.2) is 0 Å². The van der Waals surface area contributed by atoms with Gasteiger partial charge in [-0.15, -0.1) is 0 Å². The van der Waals surface area contributed by atoms with Crippen LogP contribution in [0.25, 0.3) is 22.2 Å². The third-order valence-corrected chi connectivity index (χ3v) is 5.30. The van der Waals surface area contributed by atoms with E-state index in [1.807, 2.05) is 48.5 Å². The standard InChI is InChI=1S/C25H19BrN2O3/c1-2-31-25(30)19-8-4-6-10-22(19)28-24(29)20-15-23(16-11-13-17(26)14-12-16)27-21-9-5-3-7-18(20)21/h3-15H,2H2,1H3,(H,28,29). The lowest BCUT2D eigenvalue weighted by atomic mass is 10.0. The zero-order valence-electron chi connectivity index (χ0n) is 16.8. The Morgan fingerprint density at radius 2 is 1.65 bits per heavy atom. The molecule has 3 aromatic carbocycles. The van der Waals surface area contributed by atoms with Gasteiger partial charge in [-0.3, -0.25) is 4.79 Å². The van der Waals surface area contributed by atoms with E-state index in [1.54, 1.807) is 37.3 Å². The van der Waals surface area contributed by atoms with Crippen molar-refractivity contribution in [2.24, 2.45) is 0 Å². The molecule has 1 aromatic heterocycles. The summed E-state index contributed by atoms with van der Waals surface area (Å²) in [6, 6.07) is 23.8. The molecular formula is C25H19BrN2O3. The van der Waals surface area contributed by atoms with Crippen LogP contribution in [0, 0.1) is 0 Å². The molecule has 0 radical (unpaired) electrons. The summed E-state index contributed by atoms with van der Waals surface area (Å²) in [7, 11) is 0. The fraction of sp³-hybridized carbons (Fsp3) is 0.0800. The number of nitrogens with one attached hydrogen (secondary N) is 1. The number of amides is 1. The highest BCUT2D eigenvalue weighted by Crippen LogP contribution is 2.27. The number of halogens is 1. The number of pyridine rings is 1. The molecule has 154 valence electrons. The van der Waals surface area contributed by atoms with Gasteiger partial charge in [0.2, 0.25) is 0 Å². The minimum atomic E-state index is -0.478. The van der Waals surface area contributed by atoms with Crippen molar-refractivity contribution in [2.45, 2.75) is 6.92 Å². The summed E-state index contributed by atoms with van der Waals surface area (Å²) in [6.07, 6.45) is 0. The highest BCUT2D eigenvalue weighted by atomic mass is 79.9. The van der Waals surface area contributed by atoms with Gasteiger partial charge < -0.3 is 10.1 Å². The van der Waals surface area contributed by atoms with Gasteiger partial charge in [0.25, 0.3) is 5.91 Å². The number of hydrogen-bond donors (Lipinski definition) is 1. The number of hydrogen-bond acceptors (Lipinski definition) is 4. The quantitative estimate of drug-likeness (QED) is 0.355. The van der Waals surface area contributed by atoms with Gasteiger partial charge in [0.05, 0.1) is 34.6 Å². The summed E-state index contributed by atoms with van der Waals surface area (Å²) in [4.78, 5) is 30.3. The van der Waals surface area contributed by atoms with Crippen molar-refractivity contribution in [3.63, 3.8) is 0 Å². The molecule has 1 N–H and O–H groups in total. The molecule has 0 aliphatic heterocycles. The summed E-state index contributed by atoms with van der Waals surface area (Å²) >= 11 is 3.44. The second-order valence-electron chi connectivity index (χ2n) is 6.80. The molecule has 0 unspecified atom stereocenters. The van der Waals surface area contributed by atoms with E-state index in [-0.39, 0.29) is 12.5 Å². The number of ether oxygens (including phenoxy) is 1. The first-order chi connectivity index (χ1) is 15.1. The van der Waals surface area contributed by atoms with Crippen LogP contribution in [-0.2, 0) is 4.74 Å². The number of carbonyl (C=O) groups is 2. The van der Waals surface area contributed by atoms with E-state index in [0.29, 0.717) is 28.0 Å². The van der Waals surface area contributed by atoms with E-state index in [2.05, 4.69) is 21.2 Å². The number of carbonyl (C=O) groups excluding carboxylic acids is 2. The maximum absolute atomic E-state index is 13.3. The molecule has 4 rings (SSSR count). The van der Waals surface area contributed by atoms with Gasteiger partial charge >= 0.3 is 5.97 Å². The summed E-state index contributed by atoms with van der Waals surface area (Å²) in [6.45, 7) is 2.00. The Bertz CT molecular complexity index is 1270. The maximum Gasteiger partial charge on any atom is 0.340 e. The molecule has 5 nitrogen and oxygen atoms in total. The van der Waals surface area contributed by atoms with Crippen LogP contribution in [0.5, 0.6) is 0 Å². The molecule has 0 saturated heterocycles. The SMILES string of the molecule is CCOC(=O)c1ccccc1NC(=O)c1cc(-c2ccc(Br)cc2)nc2ccccc12. The third-order valence-electron chi connectivity index (χ3n) is 4.77. The van der Waals surface area contributed by atoms with E-state index in [0.717, 1.165) is 15.4 Å². The highest BCUT2D eigenvalue weighted by molar-refractivity contribution is 9.10. The normalized spacial score (nSPS) is 10.6. The van der Waals surface area contributed by atoms with Crippen LogP contribution in [0.4, 0.5) is 5.69 Å². The van der Waals surface area contributed by atoms with Crippen LogP contribution < -0.4 is 5.32 Å². The van der Waals surface area contributed by atoms with Crippen molar-refractivity contribution in [3.8, 4) is 11.3 Å². The number of rotatable bonds is 5. The number of benzene rings is 3. The zero-order valence-corrected chi connectivity index (χ0v) is 18.3. The second-order valence-corrected chi connectivity index (χ2v) is 7.71. The Labute approximate surface area is 188 Å². The molecule has 1 amide bonds. The van der Waals surface area contributed by atoms with E-state index in [1.165, 1.54) is 0 Å². The molecule has 6 heteroatoms. The number of para-hydroxylation sites is 2. The van der Waals surface area contributed by atoms with Crippen molar-refractivity contribution in [2.75, 3.05) is 11.9 Å². The molecule has 0 aliphatic carbocycles. The van der Waals surface area contributed by atoms with Crippen LogP contribution in [0.15, 0.2) is 83.3 Å². The van der Waals surface area contributed by atoms with Gasteiger partial charge in [0.1, 0.15) is 0 Å². The van der Waals surface area contributed by atoms with E-state index in [4.69, 9.17) is 9.72 Å². The average Bonchev–Trinajstić information content (AvgIpc) is 2.79. The Balaban J connectivity index is 1.76. The molecule has 1 heterocycles. The van der Waals surface area contributed by atoms with Gasteiger partial charge in [-0.25, -0.2) is 9.78 Å². The van der Waals surface area contributed by atoms with Gasteiger partial charge in [0, 0.05) is 15.4 Å². The first-order valence-electron chi connectivity index (χ1n) is 9.80. The number of fused-ring (bicyclic) bond motifs is 1. The maximum atomic E-state index is 13.3. The third kappa shape index (κ3) is 4.49. The van der Waals surface area contributed by atoms with Crippen molar-refractivity contribution < 1.29 is 14.3 Å². The van der Waals surface area contributed by atoms with Gasteiger partial charge in [-0.05, 0) is 43.3 Å². The molecular weight excluding hydrogens is 456 g/mol. The van der Waals surface area contributed by atoms with Crippen LogP contribution in [0.1, 0.15) is 27.6 Å². The predicted octanol–water partition coefficient (Wildman–Crippen LogP) is 6.09.